The van der Waals surface area contributed by atoms with Crippen molar-refractivity contribution in [1.29, 1.82) is 0 Å². The van der Waals surface area contributed by atoms with Gasteiger partial charge in [0.2, 0.25) is 0 Å². The highest BCUT2D eigenvalue weighted by Gasteiger charge is 2.14. The van der Waals surface area contributed by atoms with Crippen LogP contribution in [0.1, 0.15) is 5.56 Å². The van der Waals surface area contributed by atoms with Crippen LogP contribution in [-0.4, -0.2) is 14.4 Å². The molecular weight excluding hydrogens is 355 g/mol. The lowest BCUT2D eigenvalue weighted by molar-refractivity contribution is 1.13. The molecule has 0 atom stereocenters. The van der Waals surface area contributed by atoms with Crippen LogP contribution in [0, 0.1) is 6.92 Å². The predicted octanol–water partition coefficient (Wildman–Crippen LogP) is 5.76. The van der Waals surface area contributed by atoms with Crippen molar-refractivity contribution in [3.8, 4) is 11.3 Å². The van der Waals surface area contributed by atoms with Crippen LogP contribution in [0.15, 0.2) is 61.1 Å². The smallest absolute Gasteiger partial charge is 0.157 e. The van der Waals surface area contributed by atoms with E-state index >= 15 is 0 Å². The second kappa shape index (κ2) is 6.39. The fourth-order valence-corrected chi connectivity index (χ4v) is 2.95. The standard InChI is InChI=1S/C19H14Cl2N4/c1-12-2-7-15(10-16(12)21)23-19-18(13-3-5-14(20)6-4-13)24-17-11-22-8-9-25(17)19/h2-11,23H,1H3. The Morgan fingerprint density at radius 2 is 1.84 bits per heavy atom. The molecule has 2 heterocycles. The minimum absolute atomic E-state index is 0.689. The number of aromatic nitrogens is 3. The average Bonchev–Trinajstić information content (AvgIpc) is 2.97. The first-order valence-electron chi connectivity index (χ1n) is 7.73. The van der Waals surface area contributed by atoms with E-state index < -0.39 is 0 Å². The Morgan fingerprint density at radius 1 is 1.04 bits per heavy atom. The maximum Gasteiger partial charge on any atom is 0.157 e. The largest absolute Gasteiger partial charge is 0.339 e. The van der Waals surface area contributed by atoms with Crippen LogP contribution in [0.25, 0.3) is 16.9 Å². The van der Waals surface area contributed by atoms with Crippen LogP contribution >= 0.6 is 23.2 Å². The van der Waals surface area contributed by atoms with Gasteiger partial charge in [0.05, 0.1) is 6.20 Å². The van der Waals surface area contributed by atoms with E-state index in [9.17, 15) is 0 Å². The summed E-state index contributed by atoms with van der Waals surface area (Å²) in [6.45, 7) is 1.98. The maximum atomic E-state index is 6.26. The van der Waals surface area contributed by atoms with Gasteiger partial charge in [-0.3, -0.25) is 9.38 Å². The molecule has 0 saturated heterocycles. The summed E-state index contributed by atoms with van der Waals surface area (Å²) in [5.41, 5.74) is 4.47. The first-order valence-corrected chi connectivity index (χ1v) is 8.48. The minimum Gasteiger partial charge on any atom is -0.339 e. The van der Waals surface area contributed by atoms with E-state index in [0.29, 0.717) is 10.0 Å². The molecule has 4 rings (SSSR count). The van der Waals surface area contributed by atoms with E-state index in [4.69, 9.17) is 28.2 Å². The summed E-state index contributed by atoms with van der Waals surface area (Å²) < 4.78 is 1.96. The van der Waals surface area contributed by atoms with Crippen LogP contribution in [-0.2, 0) is 0 Å². The van der Waals surface area contributed by atoms with E-state index in [0.717, 1.165) is 34.0 Å². The molecule has 4 nitrogen and oxygen atoms in total. The van der Waals surface area contributed by atoms with E-state index in [1.54, 1.807) is 12.4 Å². The van der Waals surface area contributed by atoms with E-state index in [1.807, 2.05) is 60.0 Å². The van der Waals surface area contributed by atoms with E-state index in [2.05, 4.69) is 10.3 Å². The molecule has 0 saturated carbocycles. The molecule has 0 bridgehead atoms. The lowest BCUT2D eigenvalue weighted by Gasteiger charge is -2.10. The Morgan fingerprint density at radius 3 is 2.60 bits per heavy atom. The van der Waals surface area contributed by atoms with Gasteiger partial charge in [0.15, 0.2) is 5.65 Å². The molecule has 4 aromatic rings. The molecule has 0 amide bonds. The van der Waals surface area contributed by atoms with Gasteiger partial charge in [-0.15, -0.1) is 0 Å². The van der Waals surface area contributed by atoms with Gasteiger partial charge in [-0.05, 0) is 36.8 Å². The maximum absolute atomic E-state index is 6.26. The molecule has 0 aliphatic carbocycles. The molecule has 0 unspecified atom stereocenters. The molecule has 6 heteroatoms. The lowest BCUT2D eigenvalue weighted by atomic mass is 10.1. The van der Waals surface area contributed by atoms with E-state index in [1.165, 1.54) is 0 Å². The number of rotatable bonds is 3. The van der Waals surface area contributed by atoms with Crippen molar-refractivity contribution in [3.63, 3.8) is 0 Å². The number of nitrogens with one attached hydrogen (secondary N) is 1. The molecule has 2 aromatic heterocycles. The normalized spacial score (nSPS) is 11.0. The minimum atomic E-state index is 0.689. The second-order valence-electron chi connectivity index (χ2n) is 5.71. The molecule has 2 aromatic carbocycles. The quantitative estimate of drug-likeness (QED) is 0.500. The molecule has 0 aliphatic rings. The van der Waals surface area contributed by atoms with Crippen LogP contribution in [0.4, 0.5) is 11.5 Å². The summed E-state index contributed by atoms with van der Waals surface area (Å²) in [5.74, 6) is 0.847. The average molecular weight is 369 g/mol. The molecule has 0 spiro atoms. The fraction of sp³-hybridized carbons (Fsp3) is 0.0526. The number of halogens is 2. The number of hydrogen-bond donors (Lipinski definition) is 1. The number of benzene rings is 2. The number of fused-ring (bicyclic) bond motifs is 1. The van der Waals surface area contributed by atoms with Gasteiger partial charge in [-0.1, -0.05) is 41.4 Å². The Labute approximate surface area is 155 Å². The van der Waals surface area contributed by atoms with Gasteiger partial charge in [-0.25, -0.2) is 4.98 Å². The Kier molecular flexibility index (Phi) is 4.07. The molecule has 0 aliphatic heterocycles. The molecule has 1 N–H and O–H groups in total. The Hall–Kier alpha value is -2.56. The third kappa shape index (κ3) is 3.06. The van der Waals surface area contributed by atoms with Crippen molar-refractivity contribution in [2.45, 2.75) is 6.92 Å². The van der Waals surface area contributed by atoms with Crippen molar-refractivity contribution in [3.05, 3.63) is 76.7 Å². The van der Waals surface area contributed by atoms with Gasteiger partial charge < -0.3 is 5.32 Å². The summed E-state index contributed by atoms with van der Waals surface area (Å²) in [4.78, 5) is 8.87. The lowest BCUT2D eigenvalue weighted by Crippen LogP contribution is -1.97. The van der Waals surface area contributed by atoms with Gasteiger partial charge in [0, 0.05) is 33.7 Å². The molecule has 124 valence electrons. The fourth-order valence-electron chi connectivity index (χ4n) is 2.64. The highest BCUT2D eigenvalue weighted by atomic mass is 35.5. The Balaban J connectivity index is 1.87. The monoisotopic (exact) mass is 368 g/mol. The van der Waals surface area contributed by atoms with Crippen molar-refractivity contribution in [2.75, 3.05) is 5.32 Å². The predicted molar refractivity (Wildman–Crippen MR) is 103 cm³/mol. The van der Waals surface area contributed by atoms with Crippen LogP contribution < -0.4 is 5.32 Å². The number of nitrogens with zero attached hydrogens (tertiary/aromatic N) is 3. The van der Waals surface area contributed by atoms with Gasteiger partial charge >= 0.3 is 0 Å². The molecule has 0 radical (unpaired) electrons. The zero-order valence-electron chi connectivity index (χ0n) is 13.4. The zero-order valence-corrected chi connectivity index (χ0v) is 14.9. The van der Waals surface area contributed by atoms with Crippen molar-refractivity contribution in [2.24, 2.45) is 0 Å². The zero-order chi connectivity index (χ0) is 17.4. The molecule has 25 heavy (non-hydrogen) atoms. The van der Waals surface area contributed by atoms with Gasteiger partial charge in [0.25, 0.3) is 0 Å². The number of aryl methyl sites for hydroxylation is 1. The summed E-state index contributed by atoms with van der Waals surface area (Å²) in [5, 5.41) is 4.84. The highest BCUT2D eigenvalue weighted by molar-refractivity contribution is 6.31. The third-order valence-corrected chi connectivity index (χ3v) is 4.64. The molecule has 0 fully saturated rings. The SMILES string of the molecule is Cc1ccc(Nc2c(-c3ccc(Cl)cc3)nc3cnccn23)cc1Cl. The van der Waals surface area contributed by atoms with Crippen molar-refractivity contribution >= 4 is 40.4 Å². The molecular formula is C19H14Cl2N4. The van der Waals surface area contributed by atoms with Crippen molar-refractivity contribution in [1.82, 2.24) is 14.4 Å². The number of hydrogen-bond acceptors (Lipinski definition) is 3. The van der Waals surface area contributed by atoms with Crippen LogP contribution in [0.5, 0.6) is 0 Å². The van der Waals surface area contributed by atoms with Gasteiger partial charge in [-0.2, -0.15) is 0 Å². The third-order valence-electron chi connectivity index (χ3n) is 3.98. The summed E-state index contributed by atoms with van der Waals surface area (Å²) in [7, 11) is 0. The topological polar surface area (TPSA) is 42.2 Å². The van der Waals surface area contributed by atoms with Gasteiger partial charge in [0.1, 0.15) is 11.5 Å². The van der Waals surface area contributed by atoms with Crippen LogP contribution in [0.2, 0.25) is 10.0 Å². The Bertz CT molecular complexity index is 1050. The summed E-state index contributed by atoms with van der Waals surface area (Å²) in [6, 6.07) is 13.5. The number of imidazole rings is 1. The first kappa shape index (κ1) is 15.9. The highest BCUT2D eigenvalue weighted by Crippen LogP contribution is 2.32. The number of anilines is 2. The summed E-state index contributed by atoms with van der Waals surface area (Å²) >= 11 is 12.3. The van der Waals surface area contributed by atoms with E-state index in [-0.39, 0.29) is 0 Å². The van der Waals surface area contributed by atoms with Crippen LogP contribution in [0.3, 0.4) is 0 Å². The van der Waals surface area contributed by atoms with Crippen molar-refractivity contribution < 1.29 is 0 Å². The second-order valence-corrected chi connectivity index (χ2v) is 6.55. The summed E-state index contributed by atoms with van der Waals surface area (Å²) in [6.07, 6.45) is 5.33. The first-order chi connectivity index (χ1) is 12.1.